The molecule has 0 saturated heterocycles. The summed E-state index contributed by atoms with van der Waals surface area (Å²) in [6, 6.07) is 0.745. The molecule has 0 aliphatic heterocycles. The molecule has 2 nitrogen and oxygen atoms in total. The molecule has 23 heavy (non-hydrogen) atoms. The maximum Gasteiger partial charge on any atom is 0 e. The molecule has 3 aliphatic carbocycles. The molecular formula is C20H40N2Zr-4. The summed E-state index contributed by atoms with van der Waals surface area (Å²) in [7, 11) is 4.18. The predicted molar refractivity (Wildman–Crippen MR) is 100 cm³/mol. The van der Waals surface area contributed by atoms with Crippen molar-refractivity contribution in [3.8, 4) is 0 Å². The Morgan fingerprint density at radius 1 is 0.739 bits per heavy atom. The second kappa shape index (κ2) is 12.2. The van der Waals surface area contributed by atoms with Gasteiger partial charge in [-0.25, -0.2) is 0 Å². The summed E-state index contributed by atoms with van der Waals surface area (Å²) in [6.45, 7) is 0. The topological polar surface area (TPSA) is 17.3 Å². The SMILES string of the molecule is C[N-]N(C)C1CCCC2CCCC(C3CCCC3)C21.[CH3-].[CH3-].[CH3-].[Zr]. The maximum atomic E-state index is 4.50. The first-order valence-electron chi connectivity index (χ1n) is 8.64. The van der Waals surface area contributed by atoms with Gasteiger partial charge in [-0.1, -0.05) is 51.4 Å². The maximum absolute atomic E-state index is 4.50. The summed E-state index contributed by atoms with van der Waals surface area (Å²) >= 11 is 0. The Hall–Kier alpha value is 0.803. The average Bonchev–Trinajstić information content (AvgIpc) is 2.99. The van der Waals surface area contributed by atoms with Crippen molar-refractivity contribution < 1.29 is 26.2 Å². The van der Waals surface area contributed by atoms with E-state index in [0.29, 0.717) is 0 Å². The number of hydrogen-bond acceptors (Lipinski definition) is 1. The van der Waals surface area contributed by atoms with Crippen molar-refractivity contribution in [2.24, 2.45) is 23.7 Å². The monoisotopic (exact) mass is 398 g/mol. The molecule has 0 bridgehead atoms. The van der Waals surface area contributed by atoms with Gasteiger partial charge >= 0.3 is 0 Å². The van der Waals surface area contributed by atoms with Crippen LogP contribution in [0.4, 0.5) is 0 Å². The van der Waals surface area contributed by atoms with Gasteiger partial charge < -0.3 is 32.7 Å². The van der Waals surface area contributed by atoms with Crippen molar-refractivity contribution in [3.63, 3.8) is 0 Å². The summed E-state index contributed by atoms with van der Waals surface area (Å²) in [6.07, 6.45) is 14.9. The van der Waals surface area contributed by atoms with Gasteiger partial charge in [0.05, 0.1) is 0 Å². The molecule has 0 aromatic heterocycles. The quantitative estimate of drug-likeness (QED) is 0.423. The fourth-order valence-corrected chi connectivity index (χ4v) is 5.59. The number of rotatable bonds is 3. The minimum Gasteiger partial charge on any atom is -0.597 e. The van der Waals surface area contributed by atoms with E-state index in [-0.39, 0.29) is 48.5 Å². The summed E-state index contributed by atoms with van der Waals surface area (Å²) in [5, 5.41) is 2.31. The van der Waals surface area contributed by atoms with Gasteiger partial charge in [-0.2, -0.15) is 7.05 Å². The molecular weight excluding hydrogens is 359 g/mol. The Morgan fingerprint density at radius 3 is 1.83 bits per heavy atom. The Morgan fingerprint density at radius 2 is 1.26 bits per heavy atom. The Kier molecular flexibility index (Phi) is 13.8. The smallest absolute Gasteiger partial charge is 0 e. The van der Waals surface area contributed by atoms with Gasteiger partial charge in [-0.05, 0) is 49.6 Å². The molecule has 3 saturated carbocycles. The van der Waals surface area contributed by atoms with E-state index in [1.807, 2.05) is 7.05 Å². The van der Waals surface area contributed by atoms with E-state index >= 15 is 0 Å². The second-order valence-corrected chi connectivity index (χ2v) is 7.25. The van der Waals surface area contributed by atoms with E-state index in [4.69, 9.17) is 0 Å². The minimum absolute atomic E-state index is 0. The van der Waals surface area contributed by atoms with Crippen molar-refractivity contribution in [1.29, 1.82) is 0 Å². The number of fused-ring (bicyclic) bond motifs is 1. The van der Waals surface area contributed by atoms with Crippen LogP contribution in [0.5, 0.6) is 0 Å². The summed E-state index contributed by atoms with van der Waals surface area (Å²) in [5.74, 6) is 4.05. The van der Waals surface area contributed by atoms with Gasteiger partial charge in [0.2, 0.25) is 0 Å². The van der Waals surface area contributed by atoms with Crippen LogP contribution < -0.4 is 0 Å². The fraction of sp³-hybridized carbons (Fsp3) is 0.850. The predicted octanol–water partition coefficient (Wildman–Crippen LogP) is 5.96. The van der Waals surface area contributed by atoms with Gasteiger partial charge in [0.1, 0.15) is 0 Å². The first-order chi connectivity index (χ1) is 9.31. The van der Waals surface area contributed by atoms with Gasteiger partial charge in [0, 0.05) is 26.2 Å². The minimum atomic E-state index is 0. The Balaban J connectivity index is 0. The number of nitrogens with zero attached hydrogens (tertiary/aromatic N) is 2. The van der Waals surface area contributed by atoms with Gasteiger partial charge in [-0.3, -0.25) is 0 Å². The van der Waals surface area contributed by atoms with Gasteiger partial charge in [-0.15, -0.1) is 0 Å². The zero-order valence-electron chi connectivity index (χ0n) is 16.4. The molecule has 0 heterocycles. The molecule has 3 aliphatic rings. The van der Waals surface area contributed by atoms with Crippen molar-refractivity contribution in [1.82, 2.24) is 5.01 Å². The molecule has 3 rings (SSSR count). The third-order valence-electron chi connectivity index (χ3n) is 6.47. The van der Waals surface area contributed by atoms with E-state index in [1.54, 1.807) is 0 Å². The van der Waals surface area contributed by atoms with Crippen LogP contribution in [0.1, 0.15) is 64.2 Å². The average molecular weight is 400 g/mol. The zero-order chi connectivity index (χ0) is 13.2. The fourth-order valence-electron chi connectivity index (χ4n) is 5.59. The molecule has 0 radical (unpaired) electrons. The second-order valence-electron chi connectivity index (χ2n) is 7.25. The van der Waals surface area contributed by atoms with Gasteiger partial charge in [0.25, 0.3) is 0 Å². The molecule has 0 spiro atoms. The Labute approximate surface area is 166 Å². The summed E-state index contributed by atoms with van der Waals surface area (Å²) < 4.78 is 0. The standard InChI is InChI=1S/C17H31N2.3CH3.Zr/c1-18-19(2)16-12-6-10-14-9-5-11-15(17(14)16)13-7-3-4-8-13;;;;/h13-17H,3-12H2,1-2H3;3*1H3;/q4*-1;. The van der Waals surface area contributed by atoms with E-state index < -0.39 is 0 Å². The van der Waals surface area contributed by atoms with Crippen LogP contribution in [-0.2, 0) is 26.2 Å². The van der Waals surface area contributed by atoms with Crippen LogP contribution in [0, 0.1) is 46.0 Å². The molecule has 0 N–H and O–H groups in total. The summed E-state index contributed by atoms with van der Waals surface area (Å²) in [4.78, 5) is 0. The normalized spacial score (nSPS) is 33.5. The molecule has 3 heteroatoms. The van der Waals surface area contributed by atoms with E-state index in [0.717, 1.165) is 29.7 Å². The van der Waals surface area contributed by atoms with Crippen molar-refractivity contribution in [2.45, 2.75) is 70.3 Å². The molecule has 0 aromatic rings. The largest absolute Gasteiger partial charge is 0.597 e. The summed E-state index contributed by atoms with van der Waals surface area (Å²) in [5.41, 5.74) is 4.50. The van der Waals surface area contributed by atoms with Crippen LogP contribution >= 0.6 is 0 Å². The van der Waals surface area contributed by atoms with Crippen LogP contribution in [0.25, 0.3) is 5.43 Å². The molecule has 4 atom stereocenters. The van der Waals surface area contributed by atoms with Crippen LogP contribution in [0.2, 0.25) is 0 Å². The molecule has 4 unspecified atom stereocenters. The van der Waals surface area contributed by atoms with E-state index in [1.165, 1.54) is 64.2 Å². The first kappa shape index (κ1) is 26.0. The molecule has 3 fully saturated rings. The molecule has 0 aromatic carbocycles. The van der Waals surface area contributed by atoms with Crippen molar-refractivity contribution >= 4 is 0 Å². The van der Waals surface area contributed by atoms with Gasteiger partial charge in [0.15, 0.2) is 0 Å². The first-order valence-corrected chi connectivity index (χ1v) is 8.64. The van der Waals surface area contributed by atoms with Crippen LogP contribution in [-0.4, -0.2) is 25.1 Å². The van der Waals surface area contributed by atoms with E-state index in [9.17, 15) is 0 Å². The molecule has 138 valence electrons. The molecule has 0 amide bonds. The van der Waals surface area contributed by atoms with Crippen molar-refractivity contribution in [3.05, 3.63) is 27.7 Å². The number of hydrogen-bond donors (Lipinski definition) is 0. The van der Waals surface area contributed by atoms with Crippen LogP contribution in [0.3, 0.4) is 0 Å². The third-order valence-corrected chi connectivity index (χ3v) is 6.47. The third kappa shape index (κ3) is 5.65. The van der Waals surface area contributed by atoms with E-state index in [2.05, 4.69) is 17.5 Å². The Bertz CT molecular complexity index is 289. The van der Waals surface area contributed by atoms with Crippen LogP contribution in [0.15, 0.2) is 0 Å². The zero-order valence-corrected chi connectivity index (χ0v) is 18.8. The van der Waals surface area contributed by atoms with Crippen molar-refractivity contribution in [2.75, 3.05) is 14.1 Å².